The average molecular weight is 402 g/mol. The van der Waals surface area contributed by atoms with E-state index in [0.717, 1.165) is 41.9 Å². The van der Waals surface area contributed by atoms with Gasteiger partial charge in [0.05, 0.1) is 6.61 Å². The molecule has 30 heavy (non-hydrogen) atoms. The van der Waals surface area contributed by atoms with E-state index < -0.39 is 0 Å². The van der Waals surface area contributed by atoms with Crippen LogP contribution in [0.1, 0.15) is 23.2 Å². The van der Waals surface area contributed by atoms with Gasteiger partial charge in [0.15, 0.2) is 5.78 Å². The first-order valence-electron chi connectivity index (χ1n) is 10.4. The maximum absolute atomic E-state index is 13.1. The fourth-order valence-corrected chi connectivity index (χ4v) is 3.89. The van der Waals surface area contributed by atoms with Crippen molar-refractivity contribution in [2.75, 3.05) is 36.5 Å². The molecular weight excluding hydrogens is 376 g/mol. The smallest absolute Gasteiger partial charge is 0.167 e. The van der Waals surface area contributed by atoms with E-state index in [1.165, 1.54) is 6.33 Å². The Morgan fingerprint density at radius 2 is 1.83 bits per heavy atom. The largest absolute Gasteiger partial charge is 0.395 e. The van der Waals surface area contributed by atoms with E-state index in [4.69, 9.17) is 5.11 Å². The number of benzene rings is 2. The van der Waals surface area contributed by atoms with Gasteiger partial charge in [-0.2, -0.15) is 0 Å². The molecule has 1 saturated heterocycles. The van der Waals surface area contributed by atoms with E-state index in [9.17, 15) is 4.79 Å². The van der Waals surface area contributed by atoms with E-state index in [-0.39, 0.29) is 18.3 Å². The van der Waals surface area contributed by atoms with E-state index in [1.54, 1.807) is 0 Å². The molecule has 6 nitrogen and oxygen atoms in total. The average Bonchev–Trinajstić information content (AvgIpc) is 2.83. The van der Waals surface area contributed by atoms with Crippen LogP contribution in [0.4, 0.5) is 11.6 Å². The van der Waals surface area contributed by atoms with Gasteiger partial charge in [-0.05, 0) is 24.0 Å². The molecule has 0 unspecified atom stereocenters. The molecule has 3 aromatic rings. The first-order chi connectivity index (χ1) is 14.7. The second-order valence-corrected chi connectivity index (χ2v) is 7.50. The Balaban J connectivity index is 1.45. The van der Waals surface area contributed by atoms with Gasteiger partial charge in [-0.25, -0.2) is 9.97 Å². The number of anilines is 2. The highest BCUT2D eigenvalue weighted by Crippen LogP contribution is 2.26. The van der Waals surface area contributed by atoms with Gasteiger partial charge in [-0.3, -0.25) is 4.79 Å². The number of Topliss-reactive ketones (excluding diaryl/α,β-unsaturated/α-hetero) is 1. The lowest BCUT2D eigenvalue weighted by molar-refractivity contribution is 0.0907. The van der Waals surface area contributed by atoms with Crippen molar-refractivity contribution in [3.05, 3.63) is 72.6 Å². The van der Waals surface area contributed by atoms with E-state index in [0.29, 0.717) is 18.9 Å². The summed E-state index contributed by atoms with van der Waals surface area (Å²) in [6.07, 6.45) is 3.35. The summed E-state index contributed by atoms with van der Waals surface area (Å²) < 4.78 is 0. The molecular formula is C24H26N4O2. The minimum absolute atomic E-state index is 0.0443. The summed E-state index contributed by atoms with van der Waals surface area (Å²) in [4.78, 5) is 23.8. The van der Waals surface area contributed by atoms with Crippen LogP contribution in [0.25, 0.3) is 11.1 Å². The van der Waals surface area contributed by atoms with Crippen LogP contribution in [-0.2, 0) is 0 Å². The predicted molar refractivity (Wildman–Crippen MR) is 119 cm³/mol. The molecule has 1 aromatic heterocycles. The second kappa shape index (κ2) is 9.50. The normalized spacial score (nSPS) is 16.3. The zero-order valence-corrected chi connectivity index (χ0v) is 16.9. The molecule has 0 bridgehead atoms. The molecule has 1 atom stereocenters. The SMILES string of the molecule is O=C(c1ccc(-c2ccccc2)cc1)[C@@H]1CCCN(c2cc(NCCO)ncn2)C1. The number of nitrogens with one attached hydrogen (secondary N) is 1. The number of aromatic nitrogens is 2. The van der Waals surface area contributed by atoms with E-state index in [2.05, 4.69) is 32.3 Å². The van der Waals surface area contributed by atoms with Gasteiger partial charge in [0.2, 0.25) is 0 Å². The lowest BCUT2D eigenvalue weighted by Crippen LogP contribution is -2.39. The molecule has 0 spiro atoms. The minimum Gasteiger partial charge on any atom is -0.395 e. The van der Waals surface area contributed by atoms with Gasteiger partial charge >= 0.3 is 0 Å². The van der Waals surface area contributed by atoms with Crippen LogP contribution >= 0.6 is 0 Å². The molecule has 1 fully saturated rings. The van der Waals surface area contributed by atoms with Crippen molar-refractivity contribution < 1.29 is 9.90 Å². The highest BCUT2D eigenvalue weighted by atomic mass is 16.3. The van der Waals surface area contributed by atoms with Gasteiger partial charge in [-0.1, -0.05) is 54.6 Å². The standard InChI is InChI=1S/C24H26N4O2/c29-14-12-25-22-15-23(27-17-26-22)28-13-4-7-21(16-28)24(30)20-10-8-19(9-11-20)18-5-2-1-3-6-18/h1-3,5-6,8-11,15,17,21,29H,4,7,12-14,16H2,(H,25,26,27)/t21-/m1/s1. The number of carbonyl (C=O) groups excluding carboxylic acids is 1. The maximum atomic E-state index is 13.1. The molecule has 0 amide bonds. The van der Waals surface area contributed by atoms with Gasteiger partial charge in [-0.15, -0.1) is 0 Å². The van der Waals surface area contributed by atoms with Gasteiger partial charge in [0, 0.05) is 37.2 Å². The first-order valence-corrected chi connectivity index (χ1v) is 10.4. The van der Waals surface area contributed by atoms with Crippen LogP contribution in [0.2, 0.25) is 0 Å². The van der Waals surface area contributed by atoms with Crippen molar-refractivity contribution in [2.45, 2.75) is 12.8 Å². The zero-order valence-electron chi connectivity index (χ0n) is 16.9. The molecule has 0 saturated carbocycles. The lowest BCUT2D eigenvalue weighted by atomic mass is 9.89. The number of piperidine rings is 1. The molecule has 0 aliphatic carbocycles. The summed E-state index contributed by atoms with van der Waals surface area (Å²) in [5.41, 5.74) is 3.02. The molecule has 1 aliphatic heterocycles. The van der Waals surface area contributed by atoms with Crippen LogP contribution in [0, 0.1) is 5.92 Å². The Bertz CT molecular complexity index is 976. The number of aliphatic hydroxyl groups excluding tert-OH is 1. The molecule has 6 heteroatoms. The monoisotopic (exact) mass is 402 g/mol. The van der Waals surface area contributed by atoms with Crippen molar-refractivity contribution in [1.82, 2.24) is 9.97 Å². The van der Waals surface area contributed by atoms with Crippen LogP contribution in [0.15, 0.2) is 67.0 Å². The van der Waals surface area contributed by atoms with Crippen LogP contribution < -0.4 is 10.2 Å². The number of nitrogens with zero attached hydrogens (tertiary/aromatic N) is 3. The van der Waals surface area contributed by atoms with Gasteiger partial charge < -0.3 is 15.3 Å². The Hall–Kier alpha value is -3.25. The highest BCUT2D eigenvalue weighted by Gasteiger charge is 2.27. The molecule has 2 aromatic carbocycles. The van der Waals surface area contributed by atoms with Crippen molar-refractivity contribution in [1.29, 1.82) is 0 Å². The topological polar surface area (TPSA) is 78.4 Å². The number of hydrogen-bond acceptors (Lipinski definition) is 6. The third-order valence-electron chi connectivity index (χ3n) is 5.46. The number of aliphatic hydroxyl groups is 1. The minimum atomic E-state index is -0.0508. The Morgan fingerprint density at radius 1 is 1.07 bits per heavy atom. The number of rotatable bonds is 7. The molecule has 2 heterocycles. The zero-order chi connectivity index (χ0) is 20.8. The van der Waals surface area contributed by atoms with Crippen molar-refractivity contribution in [3.8, 4) is 11.1 Å². The van der Waals surface area contributed by atoms with Crippen molar-refractivity contribution >= 4 is 17.4 Å². The fourth-order valence-electron chi connectivity index (χ4n) is 3.89. The molecule has 2 N–H and O–H groups in total. The van der Waals surface area contributed by atoms with Crippen molar-refractivity contribution in [3.63, 3.8) is 0 Å². The van der Waals surface area contributed by atoms with Gasteiger partial charge in [0.1, 0.15) is 18.0 Å². The number of ketones is 1. The van der Waals surface area contributed by atoms with E-state index in [1.807, 2.05) is 48.5 Å². The lowest BCUT2D eigenvalue weighted by Gasteiger charge is -2.33. The summed E-state index contributed by atoms with van der Waals surface area (Å²) in [5, 5.41) is 12.0. The fraction of sp³-hybridized carbons (Fsp3) is 0.292. The Kier molecular flexibility index (Phi) is 6.35. The van der Waals surface area contributed by atoms with E-state index >= 15 is 0 Å². The Morgan fingerprint density at radius 3 is 2.60 bits per heavy atom. The summed E-state index contributed by atoms with van der Waals surface area (Å²) in [6, 6.07) is 20.0. The third kappa shape index (κ3) is 4.66. The summed E-state index contributed by atoms with van der Waals surface area (Å²) >= 11 is 0. The van der Waals surface area contributed by atoms with Crippen LogP contribution in [-0.4, -0.2) is 47.1 Å². The molecule has 1 aliphatic rings. The van der Waals surface area contributed by atoms with Gasteiger partial charge in [0.25, 0.3) is 0 Å². The van der Waals surface area contributed by atoms with Crippen molar-refractivity contribution in [2.24, 2.45) is 5.92 Å². The third-order valence-corrected chi connectivity index (χ3v) is 5.46. The molecule has 0 radical (unpaired) electrons. The second-order valence-electron chi connectivity index (χ2n) is 7.50. The summed E-state index contributed by atoms with van der Waals surface area (Å²) in [6.45, 7) is 2.00. The van der Waals surface area contributed by atoms with Crippen LogP contribution in [0.5, 0.6) is 0 Å². The molecule has 154 valence electrons. The highest BCUT2D eigenvalue weighted by molar-refractivity contribution is 5.98. The molecule has 4 rings (SSSR count). The predicted octanol–water partition coefficient (Wildman–Crippen LogP) is 3.65. The first kappa shape index (κ1) is 20.0. The summed E-state index contributed by atoms with van der Waals surface area (Å²) in [7, 11) is 0. The number of carbonyl (C=O) groups is 1. The maximum Gasteiger partial charge on any atom is 0.167 e. The Labute approximate surface area is 176 Å². The van der Waals surface area contributed by atoms with Crippen LogP contribution in [0.3, 0.4) is 0 Å². The number of hydrogen-bond donors (Lipinski definition) is 2. The quantitative estimate of drug-likeness (QED) is 0.588. The summed E-state index contributed by atoms with van der Waals surface area (Å²) in [5.74, 6) is 1.62.